The van der Waals surface area contributed by atoms with E-state index in [1.54, 1.807) is 18.2 Å². The third kappa shape index (κ3) is 11.8. The van der Waals surface area contributed by atoms with Crippen molar-refractivity contribution in [3.8, 4) is 0 Å². The zero-order chi connectivity index (χ0) is 31.4. The van der Waals surface area contributed by atoms with Crippen LogP contribution >= 0.6 is 0 Å². The average Bonchev–Trinajstić information content (AvgIpc) is 3.27. The number of amides is 4. The Bertz CT molecular complexity index is 1060. The summed E-state index contributed by atoms with van der Waals surface area (Å²) in [4.78, 5) is 50.7. The molecular formula is C29H43N3O12. The van der Waals surface area contributed by atoms with E-state index in [-0.39, 0.29) is 30.6 Å². The van der Waals surface area contributed by atoms with Crippen LogP contribution in [0.25, 0.3) is 0 Å². The molecule has 1 fully saturated rings. The molecule has 0 bridgehead atoms. The monoisotopic (exact) mass is 625 g/mol. The van der Waals surface area contributed by atoms with Gasteiger partial charge in [0.2, 0.25) is 11.8 Å². The molecule has 1 aromatic rings. The van der Waals surface area contributed by atoms with Crippen molar-refractivity contribution >= 4 is 29.3 Å². The largest absolute Gasteiger partial charge is 0.394 e. The summed E-state index contributed by atoms with van der Waals surface area (Å²) >= 11 is 0. The lowest BCUT2D eigenvalue weighted by Gasteiger charge is -2.27. The van der Waals surface area contributed by atoms with Crippen LogP contribution in [-0.2, 0) is 42.7 Å². The van der Waals surface area contributed by atoms with Crippen LogP contribution in [-0.4, -0.2) is 145 Å². The Hall–Kier alpha value is -3.02. The second-order valence-electron chi connectivity index (χ2n) is 9.61. The molecule has 44 heavy (non-hydrogen) atoms. The molecule has 2 aliphatic rings. The van der Waals surface area contributed by atoms with Crippen molar-refractivity contribution < 1.29 is 57.4 Å². The maximum Gasteiger partial charge on any atom is 0.264 e. The first kappa shape index (κ1) is 35.5. The highest BCUT2D eigenvalue weighted by Crippen LogP contribution is 2.32. The Morgan fingerprint density at radius 1 is 0.705 bits per heavy atom. The number of aliphatic hydroxyl groups is 1. The highest BCUT2D eigenvalue weighted by atomic mass is 16.6. The van der Waals surface area contributed by atoms with E-state index >= 15 is 0 Å². The van der Waals surface area contributed by atoms with Gasteiger partial charge >= 0.3 is 0 Å². The molecule has 4 amide bonds. The molecule has 0 radical (unpaired) electrons. The molecule has 0 spiro atoms. The lowest BCUT2D eigenvalue weighted by atomic mass is 10.0. The van der Waals surface area contributed by atoms with Gasteiger partial charge in [-0.3, -0.25) is 29.4 Å². The minimum atomic E-state index is -1.01. The van der Waals surface area contributed by atoms with E-state index in [9.17, 15) is 19.2 Å². The molecule has 15 heteroatoms. The van der Waals surface area contributed by atoms with Crippen LogP contribution in [0, 0.1) is 0 Å². The molecule has 1 unspecified atom stereocenters. The maximum atomic E-state index is 13.1. The SMILES string of the molecule is O=C1CCC(N2C(=O)c3cccc(NCCOCCOCCOCCOCCOCCOCCOCCO)c3C2=O)C(=O)N1. The van der Waals surface area contributed by atoms with Crippen LogP contribution in [0.4, 0.5) is 5.69 Å². The zero-order valence-electron chi connectivity index (χ0n) is 24.9. The highest BCUT2D eigenvalue weighted by molar-refractivity contribution is 6.25. The van der Waals surface area contributed by atoms with Gasteiger partial charge in [-0.2, -0.15) is 0 Å². The number of hydrogen-bond donors (Lipinski definition) is 3. The fourth-order valence-corrected chi connectivity index (χ4v) is 4.41. The fraction of sp³-hybridized carbons (Fsp3) is 0.655. The average molecular weight is 626 g/mol. The number of benzene rings is 1. The summed E-state index contributed by atoms with van der Waals surface area (Å²) in [6.45, 7) is 6.39. The Labute approximate surface area is 256 Å². The second-order valence-corrected chi connectivity index (χ2v) is 9.61. The van der Waals surface area contributed by atoms with Crippen molar-refractivity contribution in [2.75, 3.05) is 111 Å². The van der Waals surface area contributed by atoms with Gasteiger partial charge in [-0.05, 0) is 18.6 Å². The van der Waals surface area contributed by atoms with Crippen LogP contribution in [0.5, 0.6) is 0 Å². The molecule has 1 atom stereocenters. The summed E-state index contributed by atoms with van der Waals surface area (Å²) in [5, 5.41) is 13.9. The third-order valence-electron chi connectivity index (χ3n) is 6.50. The van der Waals surface area contributed by atoms with Gasteiger partial charge < -0.3 is 43.6 Å². The normalized spacial score (nSPS) is 16.5. The number of fused-ring (bicyclic) bond motifs is 1. The summed E-state index contributed by atoms with van der Waals surface area (Å²) in [5.41, 5.74) is 0.910. The molecule has 2 aliphatic heterocycles. The lowest BCUT2D eigenvalue weighted by Crippen LogP contribution is -2.54. The molecule has 246 valence electrons. The van der Waals surface area contributed by atoms with Gasteiger partial charge in [-0.15, -0.1) is 0 Å². The van der Waals surface area contributed by atoms with E-state index in [1.807, 2.05) is 0 Å². The number of aliphatic hydroxyl groups excluding tert-OH is 1. The zero-order valence-corrected chi connectivity index (χ0v) is 24.9. The fourth-order valence-electron chi connectivity index (χ4n) is 4.41. The molecule has 0 saturated carbocycles. The predicted octanol–water partition coefficient (Wildman–Crippen LogP) is -0.392. The van der Waals surface area contributed by atoms with E-state index < -0.39 is 29.7 Å². The van der Waals surface area contributed by atoms with Gasteiger partial charge in [0, 0.05) is 18.7 Å². The molecule has 1 saturated heterocycles. The van der Waals surface area contributed by atoms with Crippen molar-refractivity contribution in [2.45, 2.75) is 18.9 Å². The number of carbonyl (C=O) groups excluding carboxylic acids is 4. The third-order valence-corrected chi connectivity index (χ3v) is 6.50. The number of carbonyl (C=O) groups is 4. The maximum absolute atomic E-state index is 13.1. The second kappa shape index (κ2) is 20.8. The van der Waals surface area contributed by atoms with Crippen molar-refractivity contribution in [3.05, 3.63) is 29.3 Å². The molecule has 0 aromatic heterocycles. The first-order chi connectivity index (χ1) is 21.5. The minimum Gasteiger partial charge on any atom is -0.394 e. The Balaban J connectivity index is 1.14. The molecule has 15 nitrogen and oxygen atoms in total. The van der Waals surface area contributed by atoms with Crippen molar-refractivity contribution in [2.24, 2.45) is 0 Å². The van der Waals surface area contributed by atoms with E-state index in [4.69, 9.17) is 38.3 Å². The highest BCUT2D eigenvalue weighted by Gasteiger charge is 2.45. The van der Waals surface area contributed by atoms with Crippen molar-refractivity contribution in [1.29, 1.82) is 0 Å². The van der Waals surface area contributed by atoms with Crippen LogP contribution in [0.2, 0.25) is 0 Å². The summed E-state index contributed by atoms with van der Waals surface area (Å²) in [6, 6.07) is 3.90. The summed E-state index contributed by atoms with van der Waals surface area (Å²) in [5.74, 6) is -2.16. The van der Waals surface area contributed by atoms with Gasteiger partial charge in [-0.1, -0.05) is 6.07 Å². The minimum absolute atomic E-state index is 0.00791. The van der Waals surface area contributed by atoms with Crippen LogP contribution in [0.3, 0.4) is 0 Å². The van der Waals surface area contributed by atoms with Gasteiger partial charge in [0.15, 0.2) is 0 Å². The summed E-state index contributed by atoms with van der Waals surface area (Å²) in [6.07, 6.45) is 0.174. The number of nitrogens with zero attached hydrogens (tertiary/aromatic N) is 1. The summed E-state index contributed by atoms with van der Waals surface area (Å²) in [7, 11) is 0. The lowest BCUT2D eigenvalue weighted by molar-refractivity contribution is -0.136. The number of ether oxygens (including phenoxy) is 7. The Morgan fingerprint density at radius 2 is 1.20 bits per heavy atom. The molecule has 3 N–H and O–H groups in total. The number of hydrogen-bond acceptors (Lipinski definition) is 13. The van der Waals surface area contributed by atoms with Crippen LogP contribution < -0.4 is 10.6 Å². The van der Waals surface area contributed by atoms with E-state index in [1.165, 1.54) is 0 Å². The van der Waals surface area contributed by atoms with Crippen molar-refractivity contribution in [1.82, 2.24) is 10.2 Å². The van der Waals surface area contributed by atoms with Gasteiger partial charge in [0.05, 0.1) is 110 Å². The number of rotatable bonds is 25. The Kier molecular flexibility index (Phi) is 16.8. The van der Waals surface area contributed by atoms with E-state index in [0.717, 1.165) is 4.90 Å². The molecule has 2 heterocycles. The van der Waals surface area contributed by atoms with Crippen molar-refractivity contribution in [3.63, 3.8) is 0 Å². The van der Waals surface area contributed by atoms with Crippen LogP contribution in [0.1, 0.15) is 33.6 Å². The van der Waals surface area contributed by atoms with Gasteiger partial charge in [0.25, 0.3) is 11.8 Å². The standard InChI is InChI=1S/C29H43N3O12/c33-7-9-39-11-13-41-15-17-43-19-21-44-20-18-42-16-14-40-12-10-38-8-6-30-23-3-1-2-22-26(23)29(37)32(28(22)36)24-4-5-25(34)31-27(24)35/h1-3,24,30,33H,4-21H2,(H,31,34,35). The predicted molar refractivity (Wildman–Crippen MR) is 154 cm³/mol. The number of nitrogens with one attached hydrogen (secondary N) is 2. The first-order valence-electron chi connectivity index (χ1n) is 14.8. The smallest absolute Gasteiger partial charge is 0.264 e. The molecule has 1 aromatic carbocycles. The first-order valence-corrected chi connectivity index (χ1v) is 14.8. The Morgan fingerprint density at radius 3 is 1.70 bits per heavy atom. The quantitative estimate of drug-likeness (QED) is 0.0945. The number of anilines is 1. The molecule has 0 aliphatic carbocycles. The van der Waals surface area contributed by atoms with E-state index in [2.05, 4.69) is 10.6 Å². The molecule has 3 rings (SSSR count). The van der Waals surface area contributed by atoms with Gasteiger partial charge in [0.1, 0.15) is 6.04 Å². The molecular weight excluding hydrogens is 582 g/mol. The number of imide groups is 2. The van der Waals surface area contributed by atoms with Crippen LogP contribution in [0.15, 0.2) is 18.2 Å². The number of piperidine rings is 1. The van der Waals surface area contributed by atoms with Gasteiger partial charge in [-0.25, -0.2) is 0 Å². The van der Waals surface area contributed by atoms with E-state index in [0.29, 0.717) is 105 Å². The summed E-state index contributed by atoms with van der Waals surface area (Å²) < 4.78 is 37.7. The topological polar surface area (TPSA) is 180 Å².